The van der Waals surface area contributed by atoms with Crippen LogP contribution in [0.4, 0.5) is 32.0 Å². The van der Waals surface area contributed by atoms with Crippen LogP contribution in [0.3, 0.4) is 0 Å². The highest BCUT2D eigenvalue weighted by atomic mass is 32.2. The number of benzene rings is 1. The van der Waals surface area contributed by atoms with E-state index >= 15 is 0 Å². The van der Waals surface area contributed by atoms with Crippen molar-refractivity contribution >= 4 is 17.4 Å². The second-order valence-electron chi connectivity index (χ2n) is 2.90. The van der Waals surface area contributed by atoms with Gasteiger partial charge in [-0.25, -0.2) is 0 Å². The molecule has 0 aromatic heterocycles. The summed E-state index contributed by atoms with van der Waals surface area (Å²) in [7, 11) is 0. The monoisotopic (exact) mass is 292 g/mol. The molecule has 0 aliphatic heterocycles. The lowest BCUT2D eigenvalue weighted by molar-refractivity contribution is -0.275. The minimum absolute atomic E-state index is 0.0132. The van der Waals surface area contributed by atoms with Crippen molar-refractivity contribution in [1.29, 1.82) is 0 Å². The molecule has 0 spiro atoms. The van der Waals surface area contributed by atoms with E-state index in [0.717, 1.165) is 18.2 Å². The number of nitrogens with two attached hydrogens (primary N) is 1. The first-order valence-corrected chi connectivity index (χ1v) is 5.04. The lowest BCUT2D eigenvalue weighted by Crippen LogP contribution is -2.18. The number of rotatable bonds is 3. The van der Waals surface area contributed by atoms with Crippen LogP contribution in [0.1, 0.15) is 0 Å². The van der Waals surface area contributed by atoms with Crippen LogP contribution in [0.2, 0.25) is 0 Å². The summed E-state index contributed by atoms with van der Waals surface area (Å²) in [4.78, 5) is -0.709. The number of hydrogen-bond donors (Lipinski definition) is 2. The molecule has 0 heterocycles. The fraction of sp³-hybridized carbons (Fsp3) is 0.250. The van der Waals surface area contributed by atoms with Crippen molar-refractivity contribution in [3.63, 3.8) is 0 Å². The molecule has 0 unspecified atom stereocenters. The smallest absolute Gasteiger partial charge is 0.405 e. The Hall–Kier alpha value is -1.29. The van der Waals surface area contributed by atoms with E-state index in [-0.39, 0.29) is 5.69 Å². The van der Waals surface area contributed by atoms with E-state index in [9.17, 15) is 26.3 Å². The molecule has 0 fully saturated rings. The molecule has 1 rings (SSSR count). The van der Waals surface area contributed by atoms with Crippen molar-refractivity contribution in [2.75, 3.05) is 5.43 Å². The number of nitrogen functional groups attached to an aromatic ring is 1. The zero-order valence-corrected chi connectivity index (χ0v) is 9.21. The van der Waals surface area contributed by atoms with Crippen LogP contribution in [-0.2, 0) is 0 Å². The zero-order chi connectivity index (χ0) is 14.0. The molecule has 0 saturated carbocycles. The number of anilines is 1. The van der Waals surface area contributed by atoms with E-state index in [4.69, 9.17) is 5.84 Å². The van der Waals surface area contributed by atoms with Gasteiger partial charge in [-0.3, -0.25) is 5.84 Å². The third kappa shape index (κ3) is 4.92. The van der Waals surface area contributed by atoms with Crippen molar-refractivity contribution in [2.45, 2.75) is 16.8 Å². The van der Waals surface area contributed by atoms with Gasteiger partial charge in [-0.2, -0.15) is 13.2 Å². The van der Waals surface area contributed by atoms with Gasteiger partial charge in [-0.1, -0.05) is 0 Å². The molecule has 0 aliphatic carbocycles. The zero-order valence-electron chi connectivity index (χ0n) is 8.39. The molecule has 10 heteroatoms. The normalized spacial score (nSPS) is 12.4. The molecule has 1 aromatic rings. The van der Waals surface area contributed by atoms with Gasteiger partial charge in [-0.15, -0.1) is 13.2 Å². The Bertz CT molecular complexity index is 419. The van der Waals surface area contributed by atoms with E-state index in [2.05, 4.69) is 4.74 Å². The first kappa shape index (κ1) is 14.8. The molecular weight excluding hydrogens is 286 g/mol. The molecule has 0 radical (unpaired) electrons. The van der Waals surface area contributed by atoms with E-state index in [1.54, 1.807) is 0 Å². The third-order valence-corrected chi connectivity index (χ3v) is 2.35. The summed E-state index contributed by atoms with van der Waals surface area (Å²) in [5.74, 6) is 3.97. The van der Waals surface area contributed by atoms with Gasteiger partial charge in [0.2, 0.25) is 0 Å². The van der Waals surface area contributed by atoms with Gasteiger partial charge in [0.25, 0.3) is 0 Å². The molecule has 18 heavy (non-hydrogen) atoms. The molecule has 0 atom stereocenters. The second-order valence-corrected chi connectivity index (χ2v) is 4.01. The SMILES string of the molecule is NNc1ccc(SC(F)(F)F)c(OC(F)(F)F)c1. The first-order chi connectivity index (χ1) is 8.11. The molecule has 102 valence electrons. The Labute approximate surface area is 101 Å². The Morgan fingerprint density at radius 1 is 1.11 bits per heavy atom. The number of hydrazine groups is 1. The first-order valence-electron chi connectivity index (χ1n) is 4.23. The topological polar surface area (TPSA) is 47.3 Å². The Morgan fingerprint density at radius 2 is 1.72 bits per heavy atom. The maximum absolute atomic E-state index is 12.1. The van der Waals surface area contributed by atoms with Gasteiger partial charge in [0, 0.05) is 6.07 Å². The van der Waals surface area contributed by atoms with Crippen molar-refractivity contribution in [1.82, 2.24) is 0 Å². The molecule has 1 aromatic carbocycles. The van der Waals surface area contributed by atoms with Gasteiger partial charge in [-0.05, 0) is 23.9 Å². The highest BCUT2D eigenvalue weighted by Crippen LogP contribution is 2.43. The molecule has 3 N–H and O–H groups in total. The maximum atomic E-state index is 12.1. The lowest BCUT2D eigenvalue weighted by Gasteiger charge is -2.15. The summed E-state index contributed by atoms with van der Waals surface area (Å²) in [6.45, 7) is 0. The van der Waals surface area contributed by atoms with Crippen LogP contribution >= 0.6 is 11.8 Å². The Balaban J connectivity index is 3.08. The third-order valence-electron chi connectivity index (χ3n) is 1.56. The number of hydrogen-bond acceptors (Lipinski definition) is 4. The summed E-state index contributed by atoms with van der Waals surface area (Å²) in [5, 5.41) is 0. The molecular formula is C8H6F6N2OS. The number of nitrogens with one attached hydrogen (secondary N) is 1. The standard InChI is InChI=1S/C8H6F6N2OS/c9-7(10,11)17-5-3-4(16-15)1-2-6(5)18-8(12,13)14/h1-3,16H,15H2. The minimum atomic E-state index is -5.09. The van der Waals surface area contributed by atoms with E-state index < -0.39 is 34.3 Å². The molecule has 0 aliphatic rings. The summed E-state index contributed by atoms with van der Waals surface area (Å²) < 4.78 is 75.9. The molecule has 0 amide bonds. The van der Waals surface area contributed by atoms with E-state index in [1.165, 1.54) is 0 Å². The number of alkyl halides is 6. The molecule has 3 nitrogen and oxygen atoms in total. The second kappa shape index (κ2) is 5.14. The van der Waals surface area contributed by atoms with Crippen LogP contribution in [0.5, 0.6) is 5.75 Å². The van der Waals surface area contributed by atoms with Crippen LogP contribution in [0.15, 0.2) is 23.1 Å². The Kier molecular flexibility index (Phi) is 4.22. The summed E-state index contributed by atoms with van der Waals surface area (Å²) in [6.07, 6.45) is -5.09. The quantitative estimate of drug-likeness (QED) is 0.387. The largest absolute Gasteiger partial charge is 0.573 e. The number of halogens is 6. The van der Waals surface area contributed by atoms with E-state index in [1.807, 2.05) is 5.43 Å². The minimum Gasteiger partial charge on any atom is -0.405 e. The average Bonchev–Trinajstić information content (AvgIpc) is 2.16. The van der Waals surface area contributed by atoms with Gasteiger partial charge < -0.3 is 10.2 Å². The average molecular weight is 292 g/mol. The van der Waals surface area contributed by atoms with Gasteiger partial charge >= 0.3 is 11.9 Å². The fourth-order valence-electron chi connectivity index (χ4n) is 1.01. The van der Waals surface area contributed by atoms with Crippen LogP contribution < -0.4 is 16.0 Å². The molecule has 0 bridgehead atoms. The molecule has 0 saturated heterocycles. The summed E-state index contributed by atoms with van der Waals surface area (Å²) >= 11 is -0.706. The maximum Gasteiger partial charge on any atom is 0.573 e. The van der Waals surface area contributed by atoms with Gasteiger partial charge in [0.1, 0.15) is 5.75 Å². The highest BCUT2D eigenvalue weighted by Gasteiger charge is 2.35. The van der Waals surface area contributed by atoms with Crippen LogP contribution in [-0.4, -0.2) is 11.9 Å². The lowest BCUT2D eigenvalue weighted by atomic mass is 10.3. The fourth-order valence-corrected chi connectivity index (χ4v) is 1.60. The number of thioether (sulfide) groups is 1. The summed E-state index contributed by atoms with van der Waals surface area (Å²) in [5.41, 5.74) is -2.73. The van der Waals surface area contributed by atoms with Crippen molar-refractivity contribution < 1.29 is 31.1 Å². The Morgan fingerprint density at radius 3 is 2.17 bits per heavy atom. The van der Waals surface area contributed by atoms with E-state index in [0.29, 0.717) is 0 Å². The van der Waals surface area contributed by atoms with Gasteiger partial charge in [0.15, 0.2) is 0 Å². The predicted molar refractivity (Wildman–Crippen MR) is 52.8 cm³/mol. The van der Waals surface area contributed by atoms with Crippen molar-refractivity contribution in [3.8, 4) is 5.75 Å². The van der Waals surface area contributed by atoms with Crippen molar-refractivity contribution in [2.24, 2.45) is 5.84 Å². The number of ether oxygens (including phenoxy) is 1. The van der Waals surface area contributed by atoms with Crippen LogP contribution in [0.25, 0.3) is 0 Å². The van der Waals surface area contributed by atoms with Crippen molar-refractivity contribution in [3.05, 3.63) is 18.2 Å². The highest BCUT2D eigenvalue weighted by molar-refractivity contribution is 8.00. The van der Waals surface area contributed by atoms with Crippen LogP contribution in [0, 0.1) is 0 Å². The predicted octanol–water partition coefficient (Wildman–Crippen LogP) is 3.48. The van der Waals surface area contributed by atoms with Gasteiger partial charge in [0.05, 0.1) is 10.6 Å². The summed E-state index contributed by atoms with van der Waals surface area (Å²) in [6, 6.07) is 2.65.